The number of nitrogens with one attached hydrogen (secondary N) is 2. The second-order valence-corrected chi connectivity index (χ2v) is 4.66. The fourth-order valence-electron chi connectivity index (χ4n) is 1.80. The Morgan fingerprint density at radius 3 is 2.50 bits per heavy atom. The Kier molecular flexibility index (Phi) is 3.20. The van der Waals surface area contributed by atoms with Crippen molar-refractivity contribution in [1.82, 2.24) is 16.0 Å². The van der Waals surface area contributed by atoms with Crippen LogP contribution < -0.4 is 10.9 Å². The Balaban J connectivity index is 1.57. The van der Waals surface area contributed by atoms with Crippen LogP contribution in [0.1, 0.15) is 45.4 Å². The number of benzene rings is 1. The molecule has 0 bridgehead atoms. The van der Waals surface area contributed by atoms with Gasteiger partial charge in [-0.1, -0.05) is 23.4 Å². The van der Waals surface area contributed by atoms with Crippen LogP contribution in [0.25, 0.3) is 0 Å². The maximum Gasteiger partial charge on any atom is 0.291 e. The van der Waals surface area contributed by atoms with Gasteiger partial charge in [-0.25, -0.2) is 0 Å². The van der Waals surface area contributed by atoms with E-state index in [0.717, 1.165) is 18.6 Å². The van der Waals surface area contributed by atoms with E-state index in [-0.39, 0.29) is 11.6 Å². The zero-order chi connectivity index (χ0) is 13.9. The number of hydrazine groups is 1. The number of hydrogen-bond acceptors (Lipinski definition) is 4. The number of hydrogen-bond donors (Lipinski definition) is 2. The molecule has 1 aliphatic carbocycles. The van der Waals surface area contributed by atoms with Crippen molar-refractivity contribution in [3.63, 3.8) is 0 Å². The topological polar surface area (TPSA) is 84.2 Å². The van der Waals surface area contributed by atoms with Crippen LogP contribution in [0.5, 0.6) is 0 Å². The summed E-state index contributed by atoms with van der Waals surface area (Å²) in [5, 5.41) is 3.69. The molecule has 0 spiro atoms. The Morgan fingerprint density at radius 2 is 1.80 bits per heavy atom. The summed E-state index contributed by atoms with van der Waals surface area (Å²) in [6.45, 7) is 0. The Hall–Kier alpha value is -2.63. The highest BCUT2D eigenvalue weighted by molar-refractivity contribution is 5.98. The average Bonchev–Trinajstić information content (AvgIpc) is 3.22. The molecule has 20 heavy (non-hydrogen) atoms. The number of nitrogens with zero attached hydrogens (tertiary/aromatic N) is 1. The summed E-state index contributed by atoms with van der Waals surface area (Å²) >= 11 is 0. The lowest BCUT2D eigenvalue weighted by Crippen LogP contribution is -2.41. The van der Waals surface area contributed by atoms with Crippen molar-refractivity contribution in [1.29, 1.82) is 0 Å². The lowest BCUT2D eigenvalue weighted by atomic mass is 10.2. The third-order valence-corrected chi connectivity index (χ3v) is 3.07. The van der Waals surface area contributed by atoms with E-state index in [0.29, 0.717) is 11.5 Å². The molecule has 0 aliphatic heterocycles. The van der Waals surface area contributed by atoms with Gasteiger partial charge in [0.1, 0.15) is 5.76 Å². The van der Waals surface area contributed by atoms with Crippen LogP contribution in [0, 0.1) is 0 Å². The van der Waals surface area contributed by atoms with Crippen molar-refractivity contribution < 1.29 is 14.1 Å². The molecule has 1 heterocycles. The highest BCUT2D eigenvalue weighted by atomic mass is 16.5. The molecular formula is C14H13N3O3. The second-order valence-electron chi connectivity index (χ2n) is 4.66. The second kappa shape index (κ2) is 5.16. The van der Waals surface area contributed by atoms with Gasteiger partial charge in [0.05, 0.1) is 0 Å². The van der Waals surface area contributed by atoms with Gasteiger partial charge < -0.3 is 4.52 Å². The molecule has 6 nitrogen and oxygen atoms in total. The molecule has 1 aliphatic rings. The van der Waals surface area contributed by atoms with Crippen molar-refractivity contribution in [3.8, 4) is 0 Å². The third kappa shape index (κ3) is 2.69. The van der Waals surface area contributed by atoms with Gasteiger partial charge in [0, 0.05) is 17.5 Å². The molecule has 1 aromatic carbocycles. The van der Waals surface area contributed by atoms with Crippen LogP contribution in [-0.4, -0.2) is 17.0 Å². The van der Waals surface area contributed by atoms with Crippen molar-refractivity contribution in [2.45, 2.75) is 18.8 Å². The first-order valence-electron chi connectivity index (χ1n) is 6.36. The number of carbonyl (C=O) groups excluding carboxylic acids is 2. The molecule has 6 heteroatoms. The molecular weight excluding hydrogens is 258 g/mol. The summed E-state index contributed by atoms with van der Waals surface area (Å²) < 4.78 is 5.08. The first-order valence-corrected chi connectivity index (χ1v) is 6.36. The minimum absolute atomic E-state index is 0.167. The maximum atomic E-state index is 11.8. The third-order valence-electron chi connectivity index (χ3n) is 3.07. The average molecular weight is 271 g/mol. The molecule has 0 radical (unpaired) electrons. The van der Waals surface area contributed by atoms with E-state index in [1.165, 1.54) is 0 Å². The van der Waals surface area contributed by atoms with Crippen LogP contribution in [-0.2, 0) is 0 Å². The largest absolute Gasteiger partial charge is 0.360 e. The first-order chi connectivity index (χ1) is 9.74. The predicted octanol–water partition coefficient (Wildman–Crippen LogP) is 1.63. The molecule has 0 saturated heterocycles. The summed E-state index contributed by atoms with van der Waals surface area (Å²) in [6, 6.07) is 10.2. The maximum absolute atomic E-state index is 11.8. The molecule has 102 valence electrons. The minimum Gasteiger partial charge on any atom is -0.360 e. The van der Waals surface area contributed by atoms with E-state index in [9.17, 15) is 9.59 Å². The number of rotatable bonds is 3. The van der Waals surface area contributed by atoms with E-state index in [4.69, 9.17) is 4.52 Å². The summed E-state index contributed by atoms with van der Waals surface area (Å²) in [6.07, 6.45) is 2.14. The van der Waals surface area contributed by atoms with Crippen molar-refractivity contribution in [2.75, 3.05) is 0 Å². The van der Waals surface area contributed by atoms with Crippen molar-refractivity contribution in [2.24, 2.45) is 0 Å². The standard InChI is InChI=1S/C14H13N3O3/c18-13(10-4-2-1-3-5-10)15-16-14(19)11-8-12(20-17-11)9-6-7-9/h1-5,8-9H,6-7H2,(H,15,18)(H,16,19). The zero-order valence-corrected chi connectivity index (χ0v) is 10.6. The number of carbonyl (C=O) groups is 2. The monoisotopic (exact) mass is 271 g/mol. The Bertz CT molecular complexity index is 632. The highest BCUT2D eigenvalue weighted by Crippen LogP contribution is 2.40. The molecule has 2 aromatic rings. The molecule has 0 atom stereocenters. The highest BCUT2D eigenvalue weighted by Gasteiger charge is 2.28. The smallest absolute Gasteiger partial charge is 0.291 e. The molecule has 1 aromatic heterocycles. The molecule has 2 N–H and O–H groups in total. The van der Waals surface area contributed by atoms with Crippen molar-refractivity contribution in [3.05, 3.63) is 53.4 Å². The summed E-state index contributed by atoms with van der Waals surface area (Å²) in [4.78, 5) is 23.5. The van der Waals surface area contributed by atoms with E-state index in [1.807, 2.05) is 6.07 Å². The van der Waals surface area contributed by atoms with Crippen LogP contribution >= 0.6 is 0 Å². The van der Waals surface area contributed by atoms with Crippen LogP contribution in [0.3, 0.4) is 0 Å². The lowest BCUT2D eigenvalue weighted by molar-refractivity contribution is 0.0841. The van der Waals surface area contributed by atoms with Crippen LogP contribution in [0.15, 0.2) is 40.9 Å². The SMILES string of the molecule is O=C(NNC(=O)c1cc(C2CC2)on1)c1ccccc1. The molecule has 2 amide bonds. The van der Waals surface area contributed by atoms with Gasteiger partial charge in [0.2, 0.25) is 0 Å². The van der Waals surface area contributed by atoms with Gasteiger partial charge in [-0.15, -0.1) is 0 Å². The van der Waals surface area contributed by atoms with E-state index in [2.05, 4.69) is 16.0 Å². The molecule has 3 rings (SSSR count). The Morgan fingerprint density at radius 1 is 1.10 bits per heavy atom. The fourth-order valence-corrected chi connectivity index (χ4v) is 1.80. The summed E-state index contributed by atoms with van der Waals surface area (Å²) in [5.74, 6) is 0.238. The number of amides is 2. The lowest BCUT2D eigenvalue weighted by Gasteiger charge is -2.05. The zero-order valence-electron chi connectivity index (χ0n) is 10.6. The molecule has 1 saturated carbocycles. The summed E-state index contributed by atoms with van der Waals surface area (Å²) in [7, 11) is 0. The fraction of sp³-hybridized carbons (Fsp3) is 0.214. The molecule has 0 unspecified atom stereocenters. The van der Waals surface area contributed by atoms with E-state index < -0.39 is 5.91 Å². The quantitative estimate of drug-likeness (QED) is 0.831. The van der Waals surface area contributed by atoms with Gasteiger partial charge in [0.15, 0.2) is 5.69 Å². The van der Waals surface area contributed by atoms with E-state index in [1.54, 1.807) is 30.3 Å². The van der Waals surface area contributed by atoms with Gasteiger partial charge in [-0.05, 0) is 25.0 Å². The number of aromatic nitrogens is 1. The van der Waals surface area contributed by atoms with Gasteiger partial charge in [-0.2, -0.15) is 0 Å². The van der Waals surface area contributed by atoms with Crippen molar-refractivity contribution >= 4 is 11.8 Å². The van der Waals surface area contributed by atoms with E-state index >= 15 is 0 Å². The Labute approximate surface area is 115 Å². The van der Waals surface area contributed by atoms with Crippen LogP contribution in [0.2, 0.25) is 0 Å². The van der Waals surface area contributed by atoms with Crippen LogP contribution in [0.4, 0.5) is 0 Å². The minimum atomic E-state index is -0.495. The van der Waals surface area contributed by atoms with Gasteiger partial charge >= 0.3 is 0 Å². The molecule has 1 fully saturated rings. The normalized spacial score (nSPS) is 13.8. The van der Waals surface area contributed by atoms with Gasteiger partial charge in [-0.3, -0.25) is 20.4 Å². The predicted molar refractivity (Wildman–Crippen MR) is 69.9 cm³/mol. The van der Waals surface area contributed by atoms with Gasteiger partial charge in [0.25, 0.3) is 11.8 Å². The first kappa shape index (κ1) is 12.4. The summed E-state index contributed by atoms with van der Waals surface area (Å²) in [5.41, 5.74) is 5.27.